The van der Waals surface area contributed by atoms with Gasteiger partial charge in [-0.1, -0.05) is 6.07 Å². The first-order valence-corrected chi connectivity index (χ1v) is 14.7. The van der Waals surface area contributed by atoms with Crippen LogP contribution in [-0.2, 0) is 21.4 Å². The zero-order chi connectivity index (χ0) is 27.1. The van der Waals surface area contributed by atoms with E-state index >= 15 is 0 Å². The van der Waals surface area contributed by atoms with Crippen LogP contribution >= 0.6 is 0 Å². The fourth-order valence-electron chi connectivity index (χ4n) is 5.32. The number of nitrogens with zero attached hydrogens (tertiary/aromatic N) is 7. The number of piperazine rings is 1. The minimum atomic E-state index is -3.45. The van der Waals surface area contributed by atoms with Gasteiger partial charge < -0.3 is 19.7 Å². The van der Waals surface area contributed by atoms with Gasteiger partial charge in [-0.3, -0.25) is 9.10 Å². The topological polar surface area (TPSA) is 117 Å². The van der Waals surface area contributed by atoms with Gasteiger partial charge in [0.05, 0.1) is 12.8 Å². The zero-order valence-electron chi connectivity index (χ0n) is 21.9. The number of fused-ring (bicyclic) bond motifs is 2. The van der Waals surface area contributed by atoms with E-state index in [2.05, 4.69) is 32.3 Å². The largest absolute Gasteiger partial charge is 0.368 e. The van der Waals surface area contributed by atoms with Crippen LogP contribution in [0.3, 0.4) is 0 Å². The molecule has 0 bridgehead atoms. The molecular formula is C27H30N8O3S. The number of carbonyl (C=O) groups excluding carboxylic acids is 1. The van der Waals surface area contributed by atoms with Crippen molar-refractivity contribution in [1.82, 2.24) is 24.4 Å². The molecule has 1 atom stereocenters. The number of hydrogen-bond acceptors (Lipinski definition) is 8. The van der Waals surface area contributed by atoms with Crippen LogP contribution in [-0.4, -0.2) is 77.7 Å². The lowest BCUT2D eigenvalue weighted by molar-refractivity contribution is -0.129. The van der Waals surface area contributed by atoms with Gasteiger partial charge in [-0.2, -0.15) is 4.98 Å². The minimum Gasteiger partial charge on any atom is -0.368 e. The third-order valence-electron chi connectivity index (χ3n) is 7.49. The number of carbonyl (C=O) groups is 1. The number of hydrogen-bond donors (Lipinski definition) is 1. The molecule has 2 aliphatic rings. The van der Waals surface area contributed by atoms with Gasteiger partial charge >= 0.3 is 0 Å². The van der Waals surface area contributed by atoms with Crippen molar-refractivity contribution in [3.05, 3.63) is 66.6 Å². The molecule has 39 heavy (non-hydrogen) atoms. The smallest absolute Gasteiger partial charge is 0.233 e. The number of rotatable bonds is 7. The summed E-state index contributed by atoms with van der Waals surface area (Å²) in [6, 6.07) is 14.1. The van der Waals surface area contributed by atoms with Crippen molar-refractivity contribution in [2.24, 2.45) is 0 Å². The molecule has 0 spiro atoms. The third-order valence-corrected chi connectivity index (χ3v) is 8.66. The van der Waals surface area contributed by atoms with E-state index < -0.39 is 10.0 Å². The van der Waals surface area contributed by atoms with Gasteiger partial charge in [-0.15, -0.1) is 0 Å². The maximum atomic E-state index is 12.1. The van der Waals surface area contributed by atoms with Crippen molar-refractivity contribution in [3.8, 4) is 0 Å². The van der Waals surface area contributed by atoms with Crippen LogP contribution in [0.5, 0.6) is 0 Å². The van der Waals surface area contributed by atoms with Gasteiger partial charge in [-0.05, 0) is 42.8 Å². The number of sulfonamides is 1. The van der Waals surface area contributed by atoms with Crippen molar-refractivity contribution in [3.63, 3.8) is 0 Å². The fraction of sp³-hybridized carbons (Fsp3) is 0.333. The van der Waals surface area contributed by atoms with E-state index in [0.717, 1.165) is 60.3 Å². The number of benzene rings is 1. The molecule has 0 saturated carbocycles. The van der Waals surface area contributed by atoms with Crippen LogP contribution in [0.1, 0.15) is 18.4 Å². The summed E-state index contributed by atoms with van der Waals surface area (Å²) in [6.45, 7) is 2.89. The van der Waals surface area contributed by atoms with E-state index in [1.807, 2.05) is 39.9 Å². The molecule has 1 amide bonds. The van der Waals surface area contributed by atoms with Crippen LogP contribution in [0.4, 0.5) is 23.1 Å². The number of amides is 1. The summed E-state index contributed by atoms with van der Waals surface area (Å²) in [7, 11) is -1.95. The molecule has 1 aromatic carbocycles. The lowest BCUT2D eigenvalue weighted by Gasteiger charge is -2.38. The number of nitrogens with one attached hydrogen (secondary N) is 1. The first-order valence-electron chi connectivity index (χ1n) is 12.9. The van der Waals surface area contributed by atoms with Crippen LogP contribution < -0.4 is 14.5 Å². The summed E-state index contributed by atoms with van der Waals surface area (Å²) in [5.74, 6) is 1.13. The van der Waals surface area contributed by atoms with E-state index in [9.17, 15) is 13.2 Å². The van der Waals surface area contributed by atoms with Crippen molar-refractivity contribution < 1.29 is 13.2 Å². The molecule has 0 aliphatic carbocycles. The first kappa shape index (κ1) is 25.1. The number of anilines is 4. The maximum Gasteiger partial charge on any atom is 0.233 e. The number of aromatic nitrogens is 4. The van der Waals surface area contributed by atoms with E-state index in [1.165, 1.54) is 11.4 Å². The van der Waals surface area contributed by atoms with Crippen molar-refractivity contribution >= 4 is 50.1 Å². The van der Waals surface area contributed by atoms with Crippen molar-refractivity contribution in [1.29, 1.82) is 0 Å². The Hall–Kier alpha value is -4.19. The van der Waals surface area contributed by atoms with E-state index in [1.54, 1.807) is 18.5 Å². The zero-order valence-corrected chi connectivity index (χ0v) is 22.7. The van der Waals surface area contributed by atoms with Gasteiger partial charge in [0.25, 0.3) is 0 Å². The van der Waals surface area contributed by atoms with E-state index in [-0.39, 0.29) is 5.91 Å². The summed E-state index contributed by atoms with van der Waals surface area (Å²) in [5, 5.41) is 4.17. The van der Waals surface area contributed by atoms with Crippen LogP contribution in [0.25, 0.3) is 11.0 Å². The van der Waals surface area contributed by atoms with Gasteiger partial charge in [0, 0.05) is 80.1 Å². The molecule has 2 fully saturated rings. The Bertz CT molecular complexity index is 1640. The third kappa shape index (κ3) is 4.99. The molecule has 1 unspecified atom stereocenters. The highest BCUT2D eigenvalue weighted by Crippen LogP contribution is 2.28. The second-order valence-electron chi connectivity index (χ2n) is 10.0. The Morgan fingerprint density at radius 2 is 1.92 bits per heavy atom. The summed E-state index contributed by atoms with van der Waals surface area (Å²) in [5.41, 5.74) is 3.49. The Labute approximate surface area is 227 Å². The molecule has 3 aromatic heterocycles. The summed E-state index contributed by atoms with van der Waals surface area (Å²) in [6.07, 6.45) is 8.02. The van der Waals surface area contributed by atoms with Crippen molar-refractivity contribution in [2.75, 3.05) is 47.5 Å². The maximum absolute atomic E-state index is 12.1. The van der Waals surface area contributed by atoms with Crippen LogP contribution in [0.15, 0.2) is 61.1 Å². The van der Waals surface area contributed by atoms with Gasteiger partial charge in [0.15, 0.2) is 0 Å². The lowest BCUT2D eigenvalue weighted by Crippen LogP contribution is -2.51. The van der Waals surface area contributed by atoms with E-state index in [0.29, 0.717) is 30.8 Å². The SMILES string of the molecule is CN(c1ncccc1Cn1ccc2cnc(Nc3ccc(N4CCN5C(=O)CCC5C4)cc3)nc21)S(C)(=O)=O. The molecule has 11 nitrogen and oxygen atoms in total. The summed E-state index contributed by atoms with van der Waals surface area (Å²) < 4.78 is 27.4. The molecule has 6 rings (SSSR count). The molecule has 2 aliphatic heterocycles. The Kier molecular flexibility index (Phi) is 6.34. The fourth-order valence-corrected chi connectivity index (χ4v) is 5.80. The highest BCUT2D eigenvalue weighted by molar-refractivity contribution is 7.92. The Balaban J connectivity index is 1.19. The average Bonchev–Trinajstić information content (AvgIpc) is 3.51. The van der Waals surface area contributed by atoms with Crippen molar-refractivity contribution in [2.45, 2.75) is 25.4 Å². The predicted octanol–water partition coefficient (Wildman–Crippen LogP) is 2.83. The molecule has 12 heteroatoms. The van der Waals surface area contributed by atoms with Crippen LogP contribution in [0.2, 0.25) is 0 Å². The Morgan fingerprint density at radius 1 is 1.10 bits per heavy atom. The molecule has 202 valence electrons. The highest BCUT2D eigenvalue weighted by Gasteiger charge is 2.35. The van der Waals surface area contributed by atoms with E-state index in [4.69, 9.17) is 4.98 Å². The van der Waals surface area contributed by atoms with Gasteiger partial charge in [0.2, 0.25) is 21.9 Å². The average molecular weight is 547 g/mol. The first-order chi connectivity index (χ1) is 18.8. The summed E-state index contributed by atoms with van der Waals surface area (Å²) >= 11 is 0. The Morgan fingerprint density at radius 3 is 2.72 bits per heavy atom. The summed E-state index contributed by atoms with van der Waals surface area (Å²) in [4.78, 5) is 29.9. The lowest BCUT2D eigenvalue weighted by atomic mass is 10.1. The standard InChI is InChI=1S/C27H30N8O3S/c1-32(39(2,37)38)25-20(4-3-12-28-25)17-34-13-11-19-16-29-27(31-26(19)34)30-21-5-7-22(8-6-21)33-14-15-35-23(18-33)9-10-24(35)36/h3-8,11-13,16,23H,9-10,14-15,17-18H2,1-2H3,(H,29,30,31). The second kappa shape index (κ2) is 9.84. The monoisotopic (exact) mass is 546 g/mol. The predicted molar refractivity (Wildman–Crippen MR) is 151 cm³/mol. The molecule has 1 N–H and O–H groups in total. The highest BCUT2D eigenvalue weighted by atomic mass is 32.2. The molecule has 4 aromatic rings. The normalized spacial score (nSPS) is 17.5. The number of pyridine rings is 1. The molecule has 2 saturated heterocycles. The van der Waals surface area contributed by atoms with Gasteiger partial charge in [-0.25, -0.2) is 18.4 Å². The molecular weight excluding hydrogens is 516 g/mol. The van der Waals surface area contributed by atoms with Gasteiger partial charge in [0.1, 0.15) is 11.5 Å². The second-order valence-corrected chi connectivity index (χ2v) is 12.0. The van der Waals surface area contributed by atoms with Crippen LogP contribution in [0, 0.1) is 0 Å². The quantitative estimate of drug-likeness (QED) is 0.376. The molecule has 5 heterocycles. The minimum absolute atomic E-state index is 0.282. The molecule has 0 radical (unpaired) electrons.